The minimum atomic E-state index is -0.374. The first-order chi connectivity index (χ1) is 16.3. The van der Waals surface area contributed by atoms with E-state index in [1.165, 1.54) is 0 Å². The zero-order chi connectivity index (χ0) is 22.5. The molecule has 33 heavy (non-hydrogen) atoms. The van der Waals surface area contributed by atoms with E-state index < -0.39 is 0 Å². The monoisotopic (exact) mass is 449 g/mol. The Balaban J connectivity index is 1.56. The fourth-order valence-electron chi connectivity index (χ4n) is 4.01. The number of benzene rings is 3. The summed E-state index contributed by atoms with van der Waals surface area (Å²) in [6.07, 6.45) is 3.54. The van der Waals surface area contributed by atoms with Gasteiger partial charge in [-0.1, -0.05) is 54.6 Å². The molecule has 0 radical (unpaired) electrons. The van der Waals surface area contributed by atoms with E-state index in [2.05, 4.69) is 39.5 Å². The molecule has 0 amide bonds. The fraction of sp³-hybridized carbons (Fsp3) is 0.0714. The quantitative estimate of drug-likeness (QED) is 0.246. The van der Waals surface area contributed by atoms with Gasteiger partial charge in [-0.3, -0.25) is 9.36 Å². The third-order valence-electron chi connectivity index (χ3n) is 5.66. The third kappa shape index (κ3) is 4.49. The predicted octanol–water partition coefficient (Wildman–Crippen LogP) is 6.74. The Morgan fingerprint density at radius 3 is 2.03 bits per heavy atom. The number of carbonyl (C=O) groups is 1. The molecular weight excluding hydrogens is 426 g/mol. The van der Waals surface area contributed by atoms with Gasteiger partial charge in [0.05, 0.1) is 5.92 Å². The number of Topliss-reactive ketones (excluding diaryl/α,β-unsaturated/α-hetero) is 1. The average molecular weight is 450 g/mol. The van der Waals surface area contributed by atoms with E-state index in [0.717, 1.165) is 22.6 Å². The van der Waals surface area contributed by atoms with Crippen LogP contribution in [0.3, 0.4) is 0 Å². The van der Waals surface area contributed by atoms with Crippen LogP contribution in [0.5, 0.6) is 0 Å². The smallest absolute Gasteiger partial charge is 0.207 e. The zero-order valence-corrected chi connectivity index (χ0v) is 18.8. The van der Waals surface area contributed by atoms with Crippen molar-refractivity contribution >= 4 is 28.5 Å². The summed E-state index contributed by atoms with van der Waals surface area (Å²) in [7, 11) is 0. The number of nitrogens with zero attached hydrogens (tertiary/aromatic N) is 3. The molecule has 0 fully saturated rings. The minimum absolute atomic E-state index is 0.000819. The van der Waals surface area contributed by atoms with Gasteiger partial charge in [0.15, 0.2) is 5.82 Å². The number of hydrogen-bond donors (Lipinski definition) is 0. The Labute approximate surface area is 197 Å². The Morgan fingerprint density at radius 1 is 0.848 bits per heavy atom. The van der Waals surface area contributed by atoms with Gasteiger partial charge in [-0.15, -0.1) is 0 Å². The van der Waals surface area contributed by atoms with Gasteiger partial charge in [0, 0.05) is 36.0 Å². The van der Waals surface area contributed by atoms with Gasteiger partial charge < -0.3 is 4.90 Å². The first-order valence-corrected chi connectivity index (χ1v) is 11.8. The summed E-state index contributed by atoms with van der Waals surface area (Å²) in [6.45, 7) is 0.505. The van der Waals surface area contributed by atoms with Crippen LogP contribution in [0.4, 0.5) is 11.4 Å². The van der Waals surface area contributed by atoms with Crippen molar-refractivity contribution in [1.29, 1.82) is 0 Å². The van der Waals surface area contributed by atoms with Crippen LogP contribution in [-0.4, -0.2) is 21.9 Å². The number of hydrogen-bond acceptors (Lipinski definition) is 4. The van der Waals surface area contributed by atoms with Gasteiger partial charge in [-0.2, -0.15) is 11.3 Å². The van der Waals surface area contributed by atoms with Crippen LogP contribution in [0.2, 0.25) is 0 Å². The lowest BCUT2D eigenvalue weighted by molar-refractivity contribution is 0.0950. The van der Waals surface area contributed by atoms with Crippen molar-refractivity contribution in [3.05, 3.63) is 132 Å². The highest BCUT2D eigenvalue weighted by Crippen LogP contribution is 2.31. The Hall–Kier alpha value is -3.96. The molecule has 1 atom stereocenters. The molecule has 0 bridgehead atoms. The predicted molar refractivity (Wildman–Crippen MR) is 135 cm³/mol. The van der Waals surface area contributed by atoms with E-state index >= 15 is 0 Å². The van der Waals surface area contributed by atoms with E-state index in [1.54, 1.807) is 17.5 Å². The highest BCUT2D eigenvalue weighted by molar-refractivity contribution is 7.08. The van der Waals surface area contributed by atoms with Crippen molar-refractivity contribution < 1.29 is 4.79 Å². The van der Waals surface area contributed by atoms with Gasteiger partial charge in [0.25, 0.3) is 0 Å². The molecule has 0 spiro atoms. The average Bonchev–Trinajstić information content (AvgIpc) is 3.59. The normalized spacial score (nSPS) is 11.8. The molecule has 2 heterocycles. The van der Waals surface area contributed by atoms with Crippen LogP contribution in [0.15, 0.2) is 120 Å². The second kappa shape index (κ2) is 9.67. The zero-order valence-electron chi connectivity index (χ0n) is 18.0. The van der Waals surface area contributed by atoms with Gasteiger partial charge in [0.1, 0.15) is 0 Å². The standard InChI is InChI=1S/C28H23N3OS/c32-27(28-29-17-18-30(28)23-10-4-1-5-11-23)26(22-16-19-33-21-22)20-31(24-12-6-2-7-13-24)25-14-8-3-9-15-25/h1-19,21,26H,20H2/t26-/m0/s1. The highest BCUT2D eigenvalue weighted by Gasteiger charge is 2.29. The molecule has 162 valence electrons. The van der Waals surface area contributed by atoms with Gasteiger partial charge in [-0.25, -0.2) is 4.98 Å². The first kappa shape index (κ1) is 20.9. The first-order valence-electron chi connectivity index (χ1n) is 10.8. The molecule has 0 aliphatic rings. The van der Waals surface area contributed by atoms with Crippen LogP contribution in [0.25, 0.3) is 5.69 Å². The highest BCUT2D eigenvalue weighted by atomic mass is 32.1. The van der Waals surface area contributed by atoms with Crippen molar-refractivity contribution in [3.63, 3.8) is 0 Å². The summed E-state index contributed by atoms with van der Waals surface area (Å²) in [4.78, 5) is 20.7. The molecule has 0 saturated carbocycles. The summed E-state index contributed by atoms with van der Waals surface area (Å²) in [5.74, 6) is 0.0686. The molecule has 0 N–H and O–H groups in total. The van der Waals surface area contributed by atoms with Crippen LogP contribution >= 0.6 is 11.3 Å². The Kier molecular flexibility index (Phi) is 6.13. The van der Waals surface area contributed by atoms with Crippen molar-refractivity contribution in [3.8, 4) is 5.69 Å². The summed E-state index contributed by atoms with van der Waals surface area (Å²) in [6, 6.07) is 32.3. The van der Waals surface area contributed by atoms with Gasteiger partial charge >= 0.3 is 0 Å². The van der Waals surface area contributed by atoms with Crippen LogP contribution in [0, 0.1) is 0 Å². The van der Waals surface area contributed by atoms with E-state index in [4.69, 9.17) is 0 Å². The lowest BCUT2D eigenvalue weighted by Crippen LogP contribution is -2.30. The number of aromatic nitrogens is 2. The molecule has 0 aliphatic carbocycles. The number of anilines is 2. The van der Waals surface area contributed by atoms with Crippen molar-refractivity contribution in [2.24, 2.45) is 0 Å². The molecule has 2 aromatic heterocycles. The molecule has 0 unspecified atom stereocenters. The van der Waals surface area contributed by atoms with Crippen molar-refractivity contribution in [1.82, 2.24) is 9.55 Å². The number of ketones is 1. The lowest BCUT2D eigenvalue weighted by Gasteiger charge is -2.29. The lowest BCUT2D eigenvalue weighted by atomic mass is 9.95. The second-order valence-corrected chi connectivity index (χ2v) is 8.49. The van der Waals surface area contributed by atoms with E-state index in [-0.39, 0.29) is 11.7 Å². The van der Waals surface area contributed by atoms with E-state index in [1.807, 2.05) is 88.9 Å². The fourth-order valence-corrected chi connectivity index (χ4v) is 4.72. The van der Waals surface area contributed by atoms with Gasteiger partial charge in [0.2, 0.25) is 5.78 Å². The number of thiophene rings is 1. The summed E-state index contributed by atoms with van der Waals surface area (Å²) >= 11 is 1.60. The summed E-state index contributed by atoms with van der Waals surface area (Å²) in [5, 5.41) is 4.08. The number of para-hydroxylation sites is 3. The Morgan fingerprint density at radius 2 is 1.45 bits per heavy atom. The number of imidazole rings is 1. The number of carbonyl (C=O) groups excluding carboxylic acids is 1. The minimum Gasteiger partial charge on any atom is -0.340 e. The molecule has 4 nitrogen and oxygen atoms in total. The van der Waals surface area contributed by atoms with Gasteiger partial charge in [-0.05, 0) is 58.8 Å². The van der Waals surface area contributed by atoms with E-state index in [0.29, 0.717) is 12.4 Å². The maximum Gasteiger partial charge on any atom is 0.207 e. The van der Waals surface area contributed by atoms with Crippen LogP contribution in [0.1, 0.15) is 22.1 Å². The van der Waals surface area contributed by atoms with Crippen LogP contribution < -0.4 is 4.90 Å². The largest absolute Gasteiger partial charge is 0.340 e. The topological polar surface area (TPSA) is 38.1 Å². The maximum atomic E-state index is 14.0. The molecule has 0 saturated heterocycles. The number of rotatable bonds is 8. The summed E-state index contributed by atoms with van der Waals surface area (Å²) < 4.78 is 1.87. The molecule has 3 aromatic carbocycles. The van der Waals surface area contributed by atoms with Crippen molar-refractivity contribution in [2.75, 3.05) is 11.4 Å². The second-order valence-electron chi connectivity index (χ2n) is 7.71. The van der Waals surface area contributed by atoms with Crippen LogP contribution in [-0.2, 0) is 0 Å². The molecule has 5 rings (SSSR count). The molecular formula is C28H23N3OS. The maximum absolute atomic E-state index is 14.0. The summed E-state index contributed by atoms with van der Waals surface area (Å²) in [5.41, 5.74) is 4.01. The molecule has 0 aliphatic heterocycles. The SMILES string of the molecule is O=C(c1nccn1-c1ccccc1)[C@@H](CN(c1ccccc1)c1ccccc1)c1ccsc1. The van der Waals surface area contributed by atoms with Crippen molar-refractivity contribution in [2.45, 2.75) is 5.92 Å². The molecule has 5 aromatic rings. The Bertz CT molecular complexity index is 1260. The van der Waals surface area contributed by atoms with E-state index in [9.17, 15) is 4.79 Å². The molecule has 5 heteroatoms. The third-order valence-corrected chi connectivity index (χ3v) is 6.36.